The Hall–Kier alpha value is -0.860. The number of rotatable bonds is 3. The smallest absolute Gasteiger partial charge is 0.0720 e. The van der Waals surface area contributed by atoms with Gasteiger partial charge in [-0.3, -0.25) is 0 Å². The summed E-state index contributed by atoms with van der Waals surface area (Å²) in [7, 11) is 0. The van der Waals surface area contributed by atoms with Gasteiger partial charge in [0, 0.05) is 6.04 Å². The minimum absolute atomic E-state index is 0.352. The van der Waals surface area contributed by atoms with Crippen molar-refractivity contribution in [1.29, 1.82) is 0 Å². The van der Waals surface area contributed by atoms with Crippen LogP contribution >= 0.6 is 0 Å². The molecule has 88 valence electrons. The number of hydrogen-bond donors (Lipinski definition) is 1. The Labute approximate surface area is 97.8 Å². The van der Waals surface area contributed by atoms with Crippen LogP contribution in [0.4, 0.5) is 0 Å². The fourth-order valence-corrected chi connectivity index (χ4v) is 2.23. The van der Waals surface area contributed by atoms with Crippen LogP contribution in [0.2, 0.25) is 0 Å². The molecule has 0 radical (unpaired) electrons. The van der Waals surface area contributed by atoms with Gasteiger partial charge in [-0.05, 0) is 49.8 Å². The summed E-state index contributed by atoms with van der Waals surface area (Å²) >= 11 is 0. The van der Waals surface area contributed by atoms with Gasteiger partial charge in [0.15, 0.2) is 0 Å². The van der Waals surface area contributed by atoms with Crippen molar-refractivity contribution < 1.29 is 4.74 Å². The molecule has 0 amide bonds. The first-order chi connectivity index (χ1) is 7.65. The van der Waals surface area contributed by atoms with Crippen molar-refractivity contribution in [2.24, 2.45) is 5.73 Å². The van der Waals surface area contributed by atoms with E-state index in [0.29, 0.717) is 12.1 Å². The Morgan fingerprint density at radius 2 is 2.06 bits per heavy atom. The maximum absolute atomic E-state index is 5.87. The molecule has 0 spiro atoms. The molecule has 0 saturated heterocycles. The van der Waals surface area contributed by atoms with Crippen molar-refractivity contribution in [3.8, 4) is 0 Å². The first kappa shape index (κ1) is 11.6. The number of hydrogen-bond acceptors (Lipinski definition) is 2. The summed E-state index contributed by atoms with van der Waals surface area (Å²) in [5, 5.41) is 0. The summed E-state index contributed by atoms with van der Waals surface area (Å²) in [6, 6.07) is 6.88. The standard InChI is InChI=1S/C14H21NO/c1-10-3-4-12(7-11(10)2)9-16-14-6-5-13(15)8-14/h3-4,7,13-14H,5-6,8-9,15H2,1-2H3. The third-order valence-electron chi connectivity index (χ3n) is 3.48. The van der Waals surface area contributed by atoms with E-state index in [2.05, 4.69) is 32.0 Å². The molecular formula is C14H21NO. The highest BCUT2D eigenvalue weighted by Crippen LogP contribution is 2.22. The van der Waals surface area contributed by atoms with Crippen molar-refractivity contribution >= 4 is 0 Å². The lowest BCUT2D eigenvalue weighted by Crippen LogP contribution is -2.17. The van der Waals surface area contributed by atoms with Gasteiger partial charge in [-0.2, -0.15) is 0 Å². The summed E-state index contributed by atoms with van der Waals surface area (Å²) in [5.74, 6) is 0. The van der Waals surface area contributed by atoms with Crippen LogP contribution in [0, 0.1) is 13.8 Å². The van der Waals surface area contributed by atoms with Crippen LogP contribution < -0.4 is 5.73 Å². The van der Waals surface area contributed by atoms with Gasteiger partial charge < -0.3 is 10.5 Å². The van der Waals surface area contributed by atoms with E-state index in [1.807, 2.05) is 0 Å². The highest BCUT2D eigenvalue weighted by atomic mass is 16.5. The summed E-state index contributed by atoms with van der Waals surface area (Å²) in [6.45, 7) is 5.00. The zero-order valence-corrected chi connectivity index (χ0v) is 10.2. The van der Waals surface area contributed by atoms with E-state index in [0.717, 1.165) is 25.9 Å². The SMILES string of the molecule is Cc1ccc(COC2CCC(N)C2)cc1C. The zero-order chi connectivity index (χ0) is 11.5. The van der Waals surface area contributed by atoms with Crippen molar-refractivity contribution in [3.63, 3.8) is 0 Å². The molecule has 2 rings (SSSR count). The molecule has 2 unspecified atom stereocenters. The Bertz CT molecular complexity index is 362. The van der Waals surface area contributed by atoms with E-state index >= 15 is 0 Å². The van der Waals surface area contributed by atoms with Crippen LogP contribution in [0.5, 0.6) is 0 Å². The molecule has 0 aromatic heterocycles. The monoisotopic (exact) mass is 219 g/mol. The average Bonchev–Trinajstić information content (AvgIpc) is 2.66. The second kappa shape index (κ2) is 4.98. The van der Waals surface area contributed by atoms with Gasteiger partial charge in [0.25, 0.3) is 0 Å². The quantitative estimate of drug-likeness (QED) is 0.848. The van der Waals surface area contributed by atoms with E-state index in [1.54, 1.807) is 0 Å². The molecular weight excluding hydrogens is 198 g/mol. The molecule has 1 aliphatic rings. The second-order valence-electron chi connectivity index (χ2n) is 4.92. The maximum atomic E-state index is 5.87. The molecule has 1 aromatic rings. The lowest BCUT2D eigenvalue weighted by atomic mass is 10.1. The molecule has 2 nitrogen and oxygen atoms in total. The van der Waals surface area contributed by atoms with E-state index in [9.17, 15) is 0 Å². The van der Waals surface area contributed by atoms with Crippen molar-refractivity contribution in [1.82, 2.24) is 0 Å². The Morgan fingerprint density at radius 1 is 1.25 bits per heavy atom. The van der Waals surface area contributed by atoms with Crippen molar-refractivity contribution in [2.45, 2.75) is 51.9 Å². The van der Waals surface area contributed by atoms with E-state index in [4.69, 9.17) is 10.5 Å². The molecule has 0 bridgehead atoms. The van der Waals surface area contributed by atoms with Crippen LogP contribution in [0.25, 0.3) is 0 Å². The molecule has 2 atom stereocenters. The predicted molar refractivity (Wildman–Crippen MR) is 66.3 cm³/mol. The van der Waals surface area contributed by atoms with Gasteiger partial charge in [0.05, 0.1) is 12.7 Å². The Balaban J connectivity index is 1.87. The first-order valence-corrected chi connectivity index (χ1v) is 6.08. The number of aryl methyl sites for hydroxylation is 2. The van der Waals surface area contributed by atoms with Gasteiger partial charge in [-0.25, -0.2) is 0 Å². The van der Waals surface area contributed by atoms with Crippen LogP contribution in [0.3, 0.4) is 0 Å². The van der Waals surface area contributed by atoms with Gasteiger partial charge in [0.1, 0.15) is 0 Å². The van der Waals surface area contributed by atoms with Crippen LogP contribution in [-0.2, 0) is 11.3 Å². The molecule has 1 saturated carbocycles. The summed E-state index contributed by atoms with van der Waals surface area (Å²) in [4.78, 5) is 0. The Kier molecular flexibility index (Phi) is 3.62. The van der Waals surface area contributed by atoms with Gasteiger partial charge in [-0.1, -0.05) is 18.2 Å². The van der Waals surface area contributed by atoms with Crippen molar-refractivity contribution in [3.05, 3.63) is 34.9 Å². The van der Waals surface area contributed by atoms with Crippen LogP contribution in [-0.4, -0.2) is 12.1 Å². The van der Waals surface area contributed by atoms with E-state index < -0.39 is 0 Å². The lowest BCUT2D eigenvalue weighted by Gasteiger charge is -2.12. The third kappa shape index (κ3) is 2.83. The fraction of sp³-hybridized carbons (Fsp3) is 0.571. The molecule has 2 N–H and O–H groups in total. The highest BCUT2D eigenvalue weighted by molar-refractivity contribution is 5.29. The van der Waals surface area contributed by atoms with Crippen LogP contribution in [0.1, 0.15) is 36.0 Å². The summed E-state index contributed by atoms with van der Waals surface area (Å²) in [5.41, 5.74) is 9.80. The summed E-state index contributed by atoms with van der Waals surface area (Å²) < 4.78 is 5.87. The van der Waals surface area contributed by atoms with Gasteiger partial charge >= 0.3 is 0 Å². The number of nitrogens with two attached hydrogens (primary N) is 1. The first-order valence-electron chi connectivity index (χ1n) is 6.08. The highest BCUT2D eigenvalue weighted by Gasteiger charge is 2.21. The molecule has 0 aliphatic heterocycles. The molecule has 0 heterocycles. The minimum atomic E-state index is 0.352. The average molecular weight is 219 g/mol. The van der Waals surface area contributed by atoms with Gasteiger partial charge in [-0.15, -0.1) is 0 Å². The van der Waals surface area contributed by atoms with Crippen LogP contribution in [0.15, 0.2) is 18.2 Å². The van der Waals surface area contributed by atoms with E-state index in [1.165, 1.54) is 16.7 Å². The Morgan fingerprint density at radius 3 is 2.69 bits per heavy atom. The predicted octanol–water partition coefficient (Wildman–Crippen LogP) is 2.70. The molecule has 2 heteroatoms. The zero-order valence-electron chi connectivity index (χ0n) is 10.2. The molecule has 1 fully saturated rings. The lowest BCUT2D eigenvalue weighted by molar-refractivity contribution is 0.0448. The number of ether oxygens (including phenoxy) is 1. The molecule has 16 heavy (non-hydrogen) atoms. The van der Waals surface area contributed by atoms with Crippen molar-refractivity contribution in [2.75, 3.05) is 0 Å². The third-order valence-corrected chi connectivity index (χ3v) is 3.48. The number of benzene rings is 1. The topological polar surface area (TPSA) is 35.2 Å². The van der Waals surface area contributed by atoms with Gasteiger partial charge in [0.2, 0.25) is 0 Å². The fourth-order valence-electron chi connectivity index (χ4n) is 2.23. The van der Waals surface area contributed by atoms with E-state index in [-0.39, 0.29) is 0 Å². The maximum Gasteiger partial charge on any atom is 0.0720 e. The molecule has 1 aromatic carbocycles. The minimum Gasteiger partial charge on any atom is -0.373 e. The largest absolute Gasteiger partial charge is 0.373 e. The summed E-state index contributed by atoms with van der Waals surface area (Å²) in [6.07, 6.45) is 3.62. The molecule has 1 aliphatic carbocycles. The normalized spacial score (nSPS) is 24.9. The second-order valence-corrected chi connectivity index (χ2v) is 4.92.